The Labute approximate surface area is 75.3 Å². The molecule has 0 heterocycles. The lowest BCUT2D eigenvalue weighted by Crippen LogP contribution is -2.03. The summed E-state index contributed by atoms with van der Waals surface area (Å²) in [5, 5.41) is 3.67. The van der Waals surface area contributed by atoms with Crippen LogP contribution in [-0.2, 0) is 0 Å². The van der Waals surface area contributed by atoms with Crippen LogP contribution in [0, 0.1) is 0 Å². The van der Waals surface area contributed by atoms with Gasteiger partial charge in [-0.2, -0.15) is 11.8 Å². The monoisotopic (exact) mass is 178 g/mol. The smallest absolute Gasteiger partial charge is 0.00584 e. The molecule has 0 atom stereocenters. The first-order valence-corrected chi connectivity index (χ1v) is 5.20. The van der Waals surface area contributed by atoms with E-state index in [2.05, 4.69) is 26.1 Å². The van der Waals surface area contributed by atoms with E-state index in [0.29, 0.717) is 0 Å². The van der Waals surface area contributed by atoms with Crippen LogP contribution in [0.5, 0.6) is 0 Å². The maximum Gasteiger partial charge on any atom is 0.00584 e. The van der Waals surface area contributed by atoms with E-state index in [9.17, 15) is 0 Å². The molecule has 3 N–H and O–H groups in total. The molecular weight excluding hydrogens is 156 g/mol. The van der Waals surface area contributed by atoms with Crippen molar-refractivity contribution in [1.29, 1.82) is 0 Å². The van der Waals surface area contributed by atoms with Gasteiger partial charge in [-0.1, -0.05) is 20.8 Å². The predicted molar refractivity (Wildman–Crippen MR) is 56.2 cm³/mol. The fourth-order valence-corrected chi connectivity index (χ4v) is 0.911. The summed E-state index contributed by atoms with van der Waals surface area (Å²) in [4.78, 5) is 0. The predicted octanol–water partition coefficient (Wildman–Crippen LogP) is 1.31. The van der Waals surface area contributed by atoms with Crippen molar-refractivity contribution in [3.63, 3.8) is 0 Å². The average molecular weight is 178 g/mol. The Morgan fingerprint density at radius 1 is 1.45 bits per heavy atom. The zero-order valence-electron chi connectivity index (χ0n) is 8.18. The number of hydrogen-bond acceptors (Lipinski definition) is 3. The number of hydrogen-bond donors (Lipinski definition) is 2. The topological polar surface area (TPSA) is 38.0 Å². The molecule has 0 aliphatic rings. The lowest BCUT2D eigenvalue weighted by molar-refractivity contribution is 0.864. The maximum atomic E-state index is 5.26. The Bertz CT molecular complexity index is 56.1. The summed E-state index contributed by atoms with van der Waals surface area (Å²) < 4.78 is 0. The quantitative estimate of drug-likeness (QED) is 0.682. The van der Waals surface area contributed by atoms with Gasteiger partial charge in [0.25, 0.3) is 0 Å². The molecule has 0 unspecified atom stereocenters. The molecule has 2 nitrogen and oxygen atoms in total. The molecule has 0 bridgehead atoms. The molecule has 0 aliphatic heterocycles. The van der Waals surface area contributed by atoms with Crippen molar-refractivity contribution >= 4 is 11.8 Å². The highest BCUT2D eigenvalue weighted by Gasteiger charge is 1.88. The van der Waals surface area contributed by atoms with Crippen LogP contribution in [0.1, 0.15) is 20.8 Å². The van der Waals surface area contributed by atoms with Crippen LogP contribution in [0.4, 0.5) is 0 Å². The first kappa shape index (κ1) is 13.8. The number of nitrogens with two attached hydrogens (primary N) is 1. The number of thioether (sulfide) groups is 1. The summed E-state index contributed by atoms with van der Waals surface area (Å²) in [7, 11) is 1.93. The van der Waals surface area contributed by atoms with E-state index < -0.39 is 0 Å². The molecule has 0 amide bonds. The van der Waals surface area contributed by atoms with Crippen LogP contribution >= 0.6 is 11.8 Å². The summed E-state index contributed by atoms with van der Waals surface area (Å²) in [6, 6.07) is 0. The molecule has 0 saturated heterocycles. The number of nitrogens with one attached hydrogen (secondary N) is 1. The fourth-order valence-electron chi connectivity index (χ4n) is 0.304. The Hall–Kier alpha value is 0.270. The molecule has 0 radical (unpaired) electrons. The van der Waals surface area contributed by atoms with Gasteiger partial charge in [0.15, 0.2) is 0 Å². The summed E-state index contributed by atoms with van der Waals surface area (Å²) in [6.45, 7) is 8.31. The molecule has 0 aliphatic carbocycles. The SMILES string of the molecule is CC(C)SCCN.CCNC. The Morgan fingerprint density at radius 2 is 1.91 bits per heavy atom. The molecule has 3 heteroatoms. The Kier molecular flexibility index (Phi) is 16.2. The van der Waals surface area contributed by atoms with Crippen molar-refractivity contribution < 1.29 is 0 Å². The molecule has 0 rings (SSSR count). The zero-order chi connectivity index (χ0) is 9.11. The fraction of sp³-hybridized carbons (Fsp3) is 1.00. The molecule has 0 aromatic heterocycles. The van der Waals surface area contributed by atoms with Crippen molar-refractivity contribution in [2.24, 2.45) is 5.73 Å². The lowest BCUT2D eigenvalue weighted by Gasteiger charge is -1.99. The van der Waals surface area contributed by atoms with Gasteiger partial charge in [0, 0.05) is 12.3 Å². The van der Waals surface area contributed by atoms with Gasteiger partial charge >= 0.3 is 0 Å². The van der Waals surface area contributed by atoms with E-state index in [1.54, 1.807) is 0 Å². The van der Waals surface area contributed by atoms with Crippen LogP contribution in [0.25, 0.3) is 0 Å². The van der Waals surface area contributed by atoms with Crippen LogP contribution in [0.3, 0.4) is 0 Å². The molecule has 0 spiro atoms. The third-order valence-electron chi connectivity index (χ3n) is 0.923. The van der Waals surface area contributed by atoms with Crippen molar-refractivity contribution in [3.8, 4) is 0 Å². The highest BCUT2D eigenvalue weighted by Crippen LogP contribution is 2.05. The normalized spacial score (nSPS) is 9.27. The van der Waals surface area contributed by atoms with Crippen LogP contribution < -0.4 is 11.1 Å². The third-order valence-corrected chi connectivity index (χ3v) is 2.06. The second-order valence-corrected chi connectivity index (χ2v) is 4.10. The maximum absolute atomic E-state index is 5.26. The van der Waals surface area contributed by atoms with Crippen molar-refractivity contribution in [3.05, 3.63) is 0 Å². The molecule has 0 fully saturated rings. The number of rotatable bonds is 4. The molecule has 70 valence electrons. The average Bonchev–Trinajstić information content (AvgIpc) is 2.01. The van der Waals surface area contributed by atoms with Gasteiger partial charge in [-0.15, -0.1) is 0 Å². The summed E-state index contributed by atoms with van der Waals surface area (Å²) in [5.74, 6) is 1.09. The Morgan fingerprint density at radius 3 is 2.00 bits per heavy atom. The highest BCUT2D eigenvalue weighted by atomic mass is 32.2. The van der Waals surface area contributed by atoms with E-state index in [4.69, 9.17) is 5.73 Å². The van der Waals surface area contributed by atoms with E-state index in [1.807, 2.05) is 18.8 Å². The summed E-state index contributed by atoms with van der Waals surface area (Å²) in [6.07, 6.45) is 0. The van der Waals surface area contributed by atoms with E-state index in [-0.39, 0.29) is 0 Å². The molecule has 0 aromatic carbocycles. The third kappa shape index (κ3) is 25.3. The lowest BCUT2D eigenvalue weighted by atomic mass is 10.6. The highest BCUT2D eigenvalue weighted by molar-refractivity contribution is 7.99. The largest absolute Gasteiger partial charge is 0.330 e. The second kappa shape index (κ2) is 12.9. The first-order chi connectivity index (χ1) is 5.18. The molecule has 0 aromatic rings. The van der Waals surface area contributed by atoms with Gasteiger partial charge in [0.1, 0.15) is 0 Å². The molecule has 0 saturated carbocycles. The van der Waals surface area contributed by atoms with Crippen molar-refractivity contribution in [2.75, 3.05) is 25.9 Å². The van der Waals surface area contributed by atoms with Crippen LogP contribution in [0.15, 0.2) is 0 Å². The van der Waals surface area contributed by atoms with Gasteiger partial charge in [-0.3, -0.25) is 0 Å². The van der Waals surface area contributed by atoms with Crippen molar-refractivity contribution in [1.82, 2.24) is 5.32 Å². The van der Waals surface area contributed by atoms with Gasteiger partial charge in [0.2, 0.25) is 0 Å². The minimum absolute atomic E-state index is 0.739. The van der Waals surface area contributed by atoms with Gasteiger partial charge < -0.3 is 11.1 Å². The summed E-state index contributed by atoms with van der Waals surface area (Å²) in [5.41, 5.74) is 5.26. The van der Waals surface area contributed by atoms with Crippen molar-refractivity contribution in [2.45, 2.75) is 26.0 Å². The molecular formula is C8H22N2S. The second-order valence-electron chi connectivity index (χ2n) is 2.42. The summed E-state index contributed by atoms with van der Waals surface area (Å²) >= 11 is 1.91. The van der Waals surface area contributed by atoms with Crippen LogP contribution in [-0.4, -0.2) is 31.1 Å². The van der Waals surface area contributed by atoms with Gasteiger partial charge in [0.05, 0.1) is 0 Å². The van der Waals surface area contributed by atoms with E-state index in [1.165, 1.54) is 0 Å². The minimum atomic E-state index is 0.739. The standard InChI is InChI=1S/C5H13NS.C3H9N/c1-5(2)7-4-3-6;1-3-4-2/h5H,3-4,6H2,1-2H3;4H,3H2,1-2H3. The molecule has 11 heavy (non-hydrogen) atoms. The first-order valence-electron chi connectivity index (χ1n) is 4.15. The van der Waals surface area contributed by atoms with Gasteiger partial charge in [-0.25, -0.2) is 0 Å². The van der Waals surface area contributed by atoms with E-state index >= 15 is 0 Å². The van der Waals surface area contributed by atoms with E-state index in [0.717, 1.165) is 24.1 Å². The zero-order valence-corrected chi connectivity index (χ0v) is 9.00. The minimum Gasteiger partial charge on any atom is -0.330 e. The van der Waals surface area contributed by atoms with Crippen LogP contribution in [0.2, 0.25) is 0 Å². The Balaban J connectivity index is 0. The van der Waals surface area contributed by atoms with Gasteiger partial charge in [-0.05, 0) is 18.8 Å².